The molecule has 112 valence electrons. The third kappa shape index (κ3) is 5.65. The van der Waals surface area contributed by atoms with E-state index >= 15 is 0 Å². The van der Waals surface area contributed by atoms with Crippen molar-refractivity contribution in [3.63, 3.8) is 0 Å². The third-order valence-corrected chi connectivity index (χ3v) is 3.70. The zero-order valence-electron chi connectivity index (χ0n) is 11.3. The SMILES string of the molecule is Cl.O=C(NCCCOC1CCCC1)C1CC(O)CN1. The van der Waals surface area contributed by atoms with E-state index in [-0.39, 0.29) is 30.5 Å². The average Bonchev–Trinajstić information content (AvgIpc) is 2.99. The molecule has 1 aliphatic carbocycles. The second-order valence-corrected chi connectivity index (χ2v) is 5.27. The zero-order chi connectivity index (χ0) is 12.8. The van der Waals surface area contributed by atoms with Crippen LogP contribution in [0.3, 0.4) is 0 Å². The number of aliphatic hydroxyl groups excluding tert-OH is 1. The highest BCUT2D eigenvalue weighted by Crippen LogP contribution is 2.20. The Kier molecular flexibility index (Phi) is 7.68. The number of aliphatic hydroxyl groups is 1. The molecular formula is C13H25ClN2O3. The molecule has 2 fully saturated rings. The molecule has 6 heteroatoms. The Bertz CT molecular complexity index is 273. The lowest BCUT2D eigenvalue weighted by molar-refractivity contribution is -0.123. The molecule has 1 heterocycles. The van der Waals surface area contributed by atoms with Crippen molar-refractivity contribution in [2.75, 3.05) is 19.7 Å². The predicted octanol–water partition coefficient (Wildman–Crippen LogP) is 0.597. The maximum absolute atomic E-state index is 11.7. The van der Waals surface area contributed by atoms with Crippen LogP contribution in [0.4, 0.5) is 0 Å². The summed E-state index contributed by atoms with van der Waals surface area (Å²) in [5.41, 5.74) is 0. The van der Waals surface area contributed by atoms with Gasteiger partial charge in [-0.3, -0.25) is 4.79 Å². The van der Waals surface area contributed by atoms with Crippen LogP contribution in [0, 0.1) is 0 Å². The average molecular weight is 293 g/mol. The van der Waals surface area contributed by atoms with Crippen molar-refractivity contribution in [2.45, 2.75) is 56.8 Å². The van der Waals surface area contributed by atoms with E-state index in [4.69, 9.17) is 4.74 Å². The van der Waals surface area contributed by atoms with Gasteiger partial charge in [0.15, 0.2) is 0 Å². The largest absolute Gasteiger partial charge is 0.392 e. The van der Waals surface area contributed by atoms with Gasteiger partial charge >= 0.3 is 0 Å². The van der Waals surface area contributed by atoms with Crippen LogP contribution in [0.5, 0.6) is 0 Å². The first-order valence-electron chi connectivity index (χ1n) is 7.06. The number of ether oxygens (including phenoxy) is 1. The summed E-state index contributed by atoms with van der Waals surface area (Å²) in [5.74, 6) is -0.00702. The fourth-order valence-corrected chi connectivity index (χ4v) is 2.63. The summed E-state index contributed by atoms with van der Waals surface area (Å²) in [6.45, 7) is 1.90. The Morgan fingerprint density at radius 2 is 2.11 bits per heavy atom. The van der Waals surface area contributed by atoms with Gasteiger partial charge in [-0.25, -0.2) is 0 Å². The standard InChI is InChI=1S/C13H24N2O3.ClH/c16-10-8-12(15-9-10)13(17)14-6-3-7-18-11-4-1-2-5-11;/h10-12,15-16H,1-9H2,(H,14,17);1H. The fourth-order valence-electron chi connectivity index (χ4n) is 2.63. The molecule has 5 nitrogen and oxygen atoms in total. The van der Waals surface area contributed by atoms with Crippen LogP contribution in [0.15, 0.2) is 0 Å². The zero-order valence-corrected chi connectivity index (χ0v) is 12.1. The number of rotatable bonds is 6. The first kappa shape index (κ1) is 16.7. The van der Waals surface area contributed by atoms with E-state index in [1.807, 2.05) is 0 Å². The maximum Gasteiger partial charge on any atom is 0.237 e. The second-order valence-electron chi connectivity index (χ2n) is 5.27. The molecule has 19 heavy (non-hydrogen) atoms. The van der Waals surface area contributed by atoms with Gasteiger partial charge in [-0.05, 0) is 25.7 Å². The van der Waals surface area contributed by atoms with Gasteiger partial charge in [0.05, 0.1) is 18.2 Å². The molecule has 1 saturated carbocycles. The Labute approximate surface area is 120 Å². The summed E-state index contributed by atoms with van der Waals surface area (Å²) in [7, 11) is 0. The molecule has 2 rings (SSSR count). The van der Waals surface area contributed by atoms with Crippen molar-refractivity contribution in [2.24, 2.45) is 0 Å². The van der Waals surface area contributed by atoms with E-state index in [0.29, 0.717) is 25.6 Å². The van der Waals surface area contributed by atoms with Crippen molar-refractivity contribution < 1.29 is 14.6 Å². The number of hydrogen-bond donors (Lipinski definition) is 3. The molecule has 1 aliphatic heterocycles. The molecular weight excluding hydrogens is 268 g/mol. The third-order valence-electron chi connectivity index (χ3n) is 3.70. The molecule has 3 N–H and O–H groups in total. The van der Waals surface area contributed by atoms with E-state index in [0.717, 1.165) is 13.0 Å². The van der Waals surface area contributed by atoms with Crippen molar-refractivity contribution in [1.29, 1.82) is 0 Å². The maximum atomic E-state index is 11.7. The van der Waals surface area contributed by atoms with E-state index in [1.54, 1.807) is 0 Å². The molecule has 0 aromatic heterocycles. The van der Waals surface area contributed by atoms with E-state index in [9.17, 15) is 9.90 Å². The highest BCUT2D eigenvalue weighted by molar-refractivity contribution is 5.85. The molecule has 1 amide bonds. The first-order valence-corrected chi connectivity index (χ1v) is 7.06. The summed E-state index contributed by atoms with van der Waals surface area (Å²) in [4.78, 5) is 11.7. The number of halogens is 1. The van der Waals surface area contributed by atoms with Crippen LogP contribution in [-0.4, -0.2) is 49.0 Å². The number of hydrogen-bond acceptors (Lipinski definition) is 4. The number of carbonyl (C=O) groups is 1. The lowest BCUT2D eigenvalue weighted by atomic mass is 10.2. The molecule has 1 saturated heterocycles. The minimum atomic E-state index is -0.383. The van der Waals surface area contributed by atoms with Gasteiger partial charge in [0.2, 0.25) is 5.91 Å². The van der Waals surface area contributed by atoms with Gasteiger partial charge in [0, 0.05) is 19.7 Å². The lowest BCUT2D eigenvalue weighted by Crippen LogP contribution is -2.40. The smallest absolute Gasteiger partial charge is 0.237 e. The molecule has 2 unspecified atom stereocenters. The monoisotopic (exact) mass is 292 g/mol. The van der Waals surface area contributed by atoms with Crippen molar-refractivity contribution in [1.82, 2.24) is 10.6 Å². The van der Waals surface area contributed by atoms with Gasteiger partial charge < -0.3 is 20.5 Å². The quantitative estimate of drug-likeness (QED) is 0.627. The Morgan fingerprint density at radius 3 is 2.74 bits per heavy atom. The van der Waals surface area contributed by atoms with Crippen LogP contribution < -0.4 is 10.6 Å². The molecule has 0 aromatic rings. The normalized spacial score (nSPS) is 27.2. The summed E-state index contributed by atoms with van der Waals surface area (Å²) in [5, 5.41) is 15.2. The van der Waals surface area contributed by atoms with Crippen LogP contribution >= 0.6 is 12.4 Å². The Morgan fingerprint density at radius 1 is 1.37 bits per heavy atom. The summed E-state index contributed by atoms with van der Waals surface area (Å²) < 4.78 is 5.72. The number of carbonyl (C=O) groups excluding carboxylic acids is 1. The van der Waals surface area contributed by atoms with Crippen LogP contribution in [0.2, 0.25) is 0 Å². The van der Waals surface area contributed by atoms with Gasteiger partial charge in [-0.15, -0.1) is 12.4 Å². The number of β-amino-alcohol motifs (C(OH)–C–C–N with tert-alkyl or cyclic N) is 1. The van der Waals surface area contributed by atoms with Gasteiger partial charge in [-0.2, -0.15) is 0 Å². The minimum Gasteiger partial charge on any atom is -0.392 e. The highest BCUT2D eigenvalue weighted by atomic mass is 35.5. The second kappa shape index (κ2) is 8.74. The van der Waals surface area contributed by atoms with Gasteiger partial charge in [0.25, 0.3) is 0 Å². The molecule has 2 atom stereocenters. The molecule has 0 bridgehead atoms. The first-order chi connectivity index (χ1) is 8.75. The summed E-state index contributed by atoms with van der Waals surface area (Å²) in [6.07, 6.45) is 6.40. The van der Waals surface area contributed by atoms with Crippen molar-refractivity contribution >= 4 is 18.3 Å². The van der Waals surface area contributed by atoms with Crippen LogP contribution in [0.25, 0.3) is 0 Å². The molecule has 2 aliphatic rings. The van der Waals surface area contributed by atoms with Crippen molar-refractivity contribution in [3.8, 4) is 0 Å². The van der Waals surface area contributed by atoms with Crippen LogP contribution in [-0.2, 0) is 9.53 Å². The number of amides is 1. The fraction of sp³-hybridized carbons (Fsp3) is 0.923. The van der Waals surface area contributed by atoms with E-state index < -0.39 is 0 Å². The molecule has 0 spiro atoms. The predicted molar refractivity (Wildman–Crippen MR) is 75.5 cm³/mol. The van der Waals surface area contributed by atoms with Crippen LogP contribution in [0.1, 0.15) is 38.5 Å². The van der Waals surface area contributed by atoms with E-state index in [2.05, 4.69) is 10.6 Å². The minimum absolute atomic E-state index is 0. The Balaban J connectivity index is 0.00000180. The van der Waals surface area contributed by atoms with E-state index in [1.165, 1.54) is 25.7 Å². The lowest BCUT2D eigenvalue weighted by Gasteiger charge is -2.13. The molecule has 0 aromatic carbocycles. The topological polar surface area (TPSA) is 70.6 Å². The van der Waals surface area contributed by atoms with Crippen molar-refractivity contribution in [3.05, 3.63) is 0 Å². The summed E-state index contributed by atoms with van der Waals surface area (Å²) in [6, 6.07) is -0.226. The highest BCUT2D eigenvalue weighted by Gasteiger charge is 2.27. The van der Waals surface area contributed by atoms with Gasteiger partial charge in [-0.1, -0.05) is 12.8 Å². The summed E-state index contributed by atoms with van der Waals surface area (Å²) >= 11 is 0. The van der Waals surface area contributed by atoms with Gasteiger partial charge in [0.1, 0.15) is 0 Å². The molecule has 0 radical (unpaired) electrons. The Hall–Kier alpha value is -0.360. The number of nitrogens with one attached hydrogen (secondary N) is 2.